The fourth-order valence-corrected chi connectivity index (χ4v) is 3.83. The van der Waals surface area contributed by atoms with Crippen LogP contribution in [0.3, 0.4) is 0 Å². The van der Waals surface area contributed by atoms with Crippen molar-refractivity contribution in [1.82, 2.24) is 9.80 Å². The van der Waals surface area contributed by atoms with Crippen molar-refractivity contribution in [2.45, 2.75) is 6.54 Å². The lowest BCUT2D eigenvalue weighted by Gasteiger charge is -2.34. The molecule has 2 amide bonds. The Balaban J connectivity index is 1.54. The van der Waals surface area contributed by atoms with E-state index in [4.69, 9.17) is 11.6 Å². The van der Waals surface area contributed by atoms with Crippen LogP contribution in [0.15, 0.2) is 36.4 Å². The Morgan fingerprint density at radius 2 is 1.92 bits per heavy atom. The molecule has 0 bridgehead atoms. The number of nitrogens with one attached hydrogen (secondary N) is 1. The molecule has 0 saturated carbocycles. The van der Waals surface area contributed by atoms with E-state index in [1.807, 2.05) is 12.1 Å². The number of hydrogen-bond donors (Lipinski definition) is 1. The van der Waals surface area contributed by atoms with Gasteiger partial charge in [0, 0.05) is 43.7 Å². The SMILES string of the molecule is O=C(Nc1ccccc1[N+](=O)[O-])N1CCN(Cc2ccc(Cl)s2)CC1. The van der Waals surface area contributed by atoms with Gasteiger partial charge in [0.1, 0.15) is 5.69 Å². The summed E-state index contributed by atoms with van der Waals surface area (Å²) in [6.07, 6.45) is 0. The van der Waals surface area contributed by atoms with E-state index in [1.165, 1.54) is 17.0 Å². The van der Waals surface area contributed by atoms with E-state index in [9.17, 15) is 14.9 Å². The molecule has 0 unspecified atom stereocenters. The molecule has 2 heterocycles. The number of benzene rings is 1. The van der Waals surface area contributed by atoms with Crippen molar-refractivity contribution in [3.8, 4) is 0 Å². The number of urea groups is 1. The van der Waals surface area contributed by atoms with E-state index >= 15 is 0 Å². The minimum Gasteiger partial charge on any atom is -0.322 e. The molecule has 25 heavy (non-hydrogen) atoms. The van der Waals surface area contributed by atoms with E-state index < -0.39 is 4.92 Å². The molecule has 3 rings (SSSR count). The van der Waals surface area contributed by atoms with Crippen molar-refractivity contribution in [1.29, 1.82) is 0 Å². The molecule has 1 N–H and O–H groups in total. The summed E-state index contributed by atoms with van der Waals surface area (Å²) in [5, 5.41) is 13.7. The van der Waals surface area contributed by atoms with Gasteiger partial charge in [-0.05, 0) is 18.2 Å². The van der Waals surface area contributed by atoms with Gasteiger partial charge in [-0.15, -0.1) is 11.3 Å². The largest absolute Gasteiger partial charge is 0.322 e. The highest BCUT2D eigenvalue weighted by Crippen LogP contribution is 2.25. The van der Waals surface area contributed by atoms with E-state index in [0.717, 1.165) is 24.0 Å². The first-order valence-electron chi connectivity index (χ1n) is 7.79. The summed E-state index contributed by atoms with van der Waals surface area (Å²) in [5.41, 5.74) is 0.109. The standard InChI is InChI=1S/C16H17ClN4O3S/c17-15-6-5-12(25-15)11-19-7-9-20(10-8-19)16(22)18-13-3-1-2-4-14(13)21(23)24/h1-6H,7-11H2,(H,18,22). The number of para-hydroxylation sites is 2. The first-order valence-corrected chi connectivity index (χ1v) is 8.98. The van der Waals surface area contributed by atoms with Crippen LogP contribution in [0.25, 0.3) is 0 Å². The minimum absolute atomic E-state index is 0.107. The average molecular weight is 381 g/mol. The van der Waals surface area contributed by atoms with Crippen molar-refractivity contribution in [3.63, 3.8) is 0 Å². The number of piperazine rings is 1. The van der Waals surface area contributed by atoms with Gasteiger partial charge < -0.3 is 10.2 Å². The first kappa shape index (κ1) is 17.7. The number of halogens is 1. The Hall–Kier alpha value is -2.16. The van der Waals surface area contributed by atoms with Gasteiger partial charge >= 0.3 is 6.03 Å². The number of carbonyl (C=O) groups is 1. The Labute approximate surface area is 153 Å². The molecule has 1 aromatic heterocycles. The fraction of sp³-hybridized carbons (Fsp3) is 0.312. The molecule has 0 spiro atoms. The third kappa shape index (κ3) is 4.47. The molecule has 1 fully saturated rings. The maximum atomic E-state index is 12.4. The minimum atomic E-state index is -0.500. The van der Waals surface area contributed by atoms with Crippen LogP contribution in [0.2, 0.25) is 4.34 Å². The summed E-state index contributed by atoms with van der Waals surface area (Å²) in [6.45, 7) is 3.47. The zero-order valence-electron chi connectivity index (χ0n) is 13.4. The van der Waals surface area contributed by atoms with Crippen LogP contribution >= 0.6 is 22.9 Å². The van der Waals surface area contributed by atoms with Gasteiger partial charge in [-0.1, -0.05) is 23.7 Å². The molecule has 9 heteroatoms. The Kier molecular flexibility index (Phi) is 5.52. The number of nitrogens with zero attached hydrogens (tertiary/aromatic N) is 3. The molecule has 0 radical (unpaired) electrons. The molecule has 1 aromatic carbocycles. The third-order valence-electron chi connectivity index (χ3n) is 4.01. The van der Waals surface area contributed by atoms with Gasteiger partial charge in [0.2, 0.25) is 0 Å². The summed E-state index contributed by atoms with van der Waals surface area (Å²) >= 11 is 7.51. The Morgan fingerprint density at radius 3 is 2.56 bits per heavy atom. The summed E-state index contributed by atoms with van der Waals surface area (Å²) in [4.78, 5) is 28.0. The second kappa shape index (κ2) is 7.81. The number of rotatable bonds is 4. The monoisotopic (exact) mass is 380 g/mol. The second-order valence-corrected chi connectivity index (χ2v) is 7.47. The van der Waals surface area contributed by atoms with Crippen molar-refractivity contribution in [2.24, 2.45) is 0 Å². The summed E-state index contributed by atoms with van der Waals surface area (Å²) in [5.74, 6) is 0. The molecular formula is C16H17ClN4O3S. The number of amides is 2. The van der Waals surface area contributed by atoms with Gasteiger partial charge in [-0.2, -0.15) is 0 Å². The molecule has 7 nitrogen and oxygen atoms in total. The third-order valence-corrected chi connectivity index (χ3v) is 5.23. The lowest BCUT2D eigenvalue weighted by molar-refractivity contribution is -0.383. The van der Waals surface area contributed by atoms with E-state index in [1.54, 1.807) is 28.4 Å². The second-order valence-electron chi connectivity index (χ2n) is 5.67. The highest BCUT2D eigenvalue weighted by molar-refractivity contribution is 7.16. The number of nitro benzene ring substituents is 1. The highest BCUT2D eigenvalue weighted by Gasteiger charge is 2.23. The average Bonchev–Trinajstić information content (AvgIpc) is 3.00. The van der Waals surface area contributed by atoms with Crippen LogP contribution in [0.1, 0.15) is 4.88 Å². The highest BCUT2D eigenvalue weighted by atomic mass is 35.5. The smallest absolute Gasteiger partial charge is 0.322 e. The van der Waals surface area contributed by atoms with Crippen LogP contribution in [-0.2, 0) is 6.54 Å². The van der Waals surface area contributed by atoms with Crippen molar-refractivity contribution >= 4 is 40.3 Å². The molecular weight excluding hydrogens is 364 g/mol. The molecule has 0 aliphatic carbocycles. The van der Waals surface area contributed by atoms with Gasteiger partial charge in [0.05, 0.1) is 9.26 Å². The Morgan fingerprint density at radius 1 is 1.20 bits per heavy atom. The quantitative estimate of drug-likeness (QED) is 0.648. The van der Waals surface area contributed by atoms with Gasteiger partial charge in [0.25, 0.3) is 5.69 Å². The lowest BCUT2D eigenvalue weighted by Crippen LogP contribution is -2.49. The molecule has 1 saturated heterocycles. The summed E-state index contributed by atoms with van der Waals surface area (Å²) in [7, 11) is 0. The predicted octanol–water partition coefficient (Wildman–Crippen LogP) is 3.66. The maximum absolute atomic E-state index is 12.4. The number of thiophene rings is 1. The van der Waals surface area contributed by atoms with Crippen LogP contribution in [0.4, 0.5) is 16.2 Å². The van der Waals surface area contributed by atoms with Crippen molar-refractivity contribution in [3.05, 3.63) is 55.7 Å². The zero-order valence-corrected chi connectivity index (χ0v) is 14.9. The number of hydrogen-bond acceptors (Lipinski definition) is 5. The number of anilines is 1. The first-order chi connectivity index (χ1) is 12.0. The number of nitro groups is 1. The fourth-order valence-electron chi connectivity index (χ4n) is 2.70. The summed E-state index contributed by atoms with van der Waals surface area (Å²) in [6, 6.07) is 9.73. The topological polar surface area (TPSA) is 78.7 Å². The van der Waals surface area contributed by atoms with Crippen LogP contribution in [0.5, 0.6) is 0 Å². The van der Waals surface area contributed by atoms with Crippen molar-refractivity contribution in [2.75, 3.05) is 31.5 Å². The Bertz CT molecular complexity index is 774. The van der Waals surface area contributed by atoms with E-state index in [2.05, 4.69) is 10.2 Å². The molecule has 1 aliphatic rings. The van der Waals surface area contributed by atoms with Gasteiger partial charge in [0.15, 0.2) is 0 Å². The normalized spacial score (nSPS) is 15.2. The van der Waals surface area contributed by atoms with E-state index in [-0.39, 0.29) is 17.4 Å². The lowest BCUT2D eigenvalue weighted by atomic mass is 10.2. The number of carbonyl (C=O) groups excluding carboxylic acids is 1. The van der Waals surface area contributed by atoms with Crippen molar-refractivity contribution < 1.29 is 9.72 Å². The van der Waals surface area contributed by atoms with Crippen LogP contribution in [0, 0.1) is 10.1 Å². The van der Waals surface area contributed by atoms with Gasteiger partial charge in [-0.25, -0.2) is 4.79 Å². The predicted molar refractivity (Wildman–Crippen MR) is 98.3 cm³/mol. The van der Waals surface area contributed by atoms with E-state index in [0.29, 0.717) is 13.1 Å². The molecule has 1 aliphatic heterocycles. The maximum Gasteiger partial charge on any atom is 0.322 e. The van der Waals surface area contributed by atoms with Crippen LogP contribution < -0.4 is 5.32 Å². The molecule has 2 aromatic rings. The molecule has 0 atom stereocenters. The summed E-state index contributed by atoms with van der Waals surface area (Å²) < 4.78 is 0.775. The van der Waals surface area contributed by atoms with Crippen LogP contribution in [-0.4, -0.2) is 46.9 Å². The molecule has 132 valence electrons. The van der Waals surface area contributed by atoms with Gasteiger partial charge in [-0.3, -0.25) is 15.0 Å². The zero-order chi connectivity index (χ0) is 17.8.